The molecule has 1 atom stereocenters. The van der Waals surface area contributed by atoms with Crippen molar-refractivity contribution in [3.8, 4) is 6.01 Å². The predicted octanol–water partition coefficient (Wildman–Crippen LogP) is 3.30. The van der Waals surface area contributed by atoms with Crippen molar-refractivity contribution in [1.29, 1.82) is 0 Å². The number of anilines is 1. The van der Waals surface area contributed by atoms with E-state index in [-0.39, 0.29) is 6.10 Å². The van der Waals surface area contributed by atoms with Crippen LogP contribution in [0.2, 0.25) is 0 Å². The smallest absolute Gasteiger partial charge is 0.318 e. The van der Waals surface area contributed by atoms with Crippen molar-refractivity contribution in [1.82, 2.24) is 19.7 Å². The molecule has 0 saturated carbocycles. The zero-order valence-electron chi connectivity index (χ0n) is 16.6. The Bertz CT molecular complexity index is 988. The number of rotatable bonds is 4. The summed E-state index contributed by atoms with van der Waals surface area (Å²) >= 11 is 0. The number of hydrogen-bond acceptors (Lipinski definition) is 6. The molecule has 2 aliphatic rings. The van der Waals surface area contributed by atoms with Gasteiger partial charge in [0.2, 0.25) is 0 Å². The Labute approximate surface area is 170 Å². The average Bonchev–Trinajstić information content (AvgIpc) is 3.10. The van der Waals surface area contributed by atoms with E-state index < -0.39 is 0 Å². The fourth-order valence-corrected chi connectivity index (χ4v) is 4.13. The zero-order valence-corrected chi connectivity index (χ0v) is 16.6. The van der Waals surface area contributed by atoms with Crippen molar-refractivity contribution in [3.05, 3.63) is 65.1 Å². The molecule has 4 heterocycles. The quantitative estimate of drug-likeness (QED) is 0.680. The second-order valence-electron chi connectivity index (χ2n) is 7.42. The Hall–Kier alpha value is -2.93. The third-order valence-electron chi connectivity index (χ3n) is 5.56. The first-order valence-electron chi connectivity index (χ1n) is 10.3. The fraction of sp³-hybridized carbons (Fsp3) is 0.409. The second-order valence-corrected chi connectivity index (χ2v) is 7.42. The third kappa shape index (κ3) is 3.58. The average molecular weight is 391 g/mol. The van der Waals surface area contributed by atoms with Gasteiger partial charge < -0.3 is 14.4 Å². The maximum atomic E-state index is 6.24. The van der Waals surface area contributed by atoms with Crippen LogP contribution in [0.5, 0.6) is 6.01 Å². The van der Waals surface area contributed by atoms with Crippen LogP contribution in [0.3, 0.4) is 0 Å². The van der Waals surface area contributed by atoms with Crippen molar-refractivity contribution in [2.24, 2.45) is 0 Å². The predicted molar refractivity (Wildman–Crippen MR) is 109 cm³/mol. The zero-order chi connectivity index (χ0) is 19.6. The van der Waals surface area contributed by atoms with Gasteiger partial charge in [-0.3, -0.25) is 4.68 Å². The van der Waals surface area contributed by atoms with Gasteiger partial charge in [-0.05, 0) is 25.0 Å². The summed E-state index contributed by atoms with van der Waals surface area (Å²) in [7, 11) is 0. The summed E-state index contributed by atoms with van der Waals surface area (Å²) in [4.78, 5) is 11.8. The standard InChI is InChI=1S/C22H25N5O2/c1-2-28-22-24-19-13-20(16-7-4-3-5-8-16)29-15-18(19)21(25-22)26-11-6-12-27-17(14-26)9-10-23-27/h3-5,7-10,20H,2,6,11-15H2,1H3. The van der Waals surface area contributed by atoms with Gasteiger partial charge >= 0.3 is 6.01 Å². The molecule has 150 valence electrons. The van der Waals surface area contributed by atoms with Crippen LogP contribution >= 0.6 is 0 Å². The lowest BCUT2D eigenvalue weighted by molar-refractivity contribution is 0.0257. The number of benzene rings is 1. The first-order valence-corrected chi connectivity index (χ1v) is 10.3. The van der Waals surface area contributed by atoms with Crippen LogP contribution in [-0.2, 0) is 30.9 Å². The van der Waals surface area contributed by atoms with Crippen molar-refractivity contribution in [2.45, 2.75) is 45.6 Å². The van der Waals surface area contributed by atoms with Crippen molar-refractivity contribution >= 4 is 5.82 Å². The molecule has 0 amide bonds. The van der Waals surface area contributed by atoms with E-state index in [1.807, 2.05) is 31.3 Å². The Morgan fingerprint density at radius 3 is 2.90 bits per heavy atom. The summed E-state index contributed by atoms with van der Waals surface area (Å²) in [6.45, 7) is 5.63. The molecule has 3 aromatic rings. The number of aryl methyl sites for hydroxylation is 1. The molecule has 2 aromatic heterocycles. The van der Waals surface area contributed by atoms with Crippen molar-refractivity contribution < 1.29 is 9.47 Å². The highest BCUT2D eigenvalue weighted by Crippen LogP contribution is 2.35. The van der Waals surface area contributed by atoms with Crippen molar-refractivity contribution in [2.75, 3.05) is 18.1 Å². The van der Waals surface area contributed by atoms with Gasteiger partial charge in [-0.25, -0.2) is 0 Å². The Morgan fingerprint density at radius 2 is 2.03 bits per heavy atom. The molecule has 0 N–H and O–H groups in total. The highest BCUT2D eigenvalue weighted by molar-refractivity contribution is 5.51. The van der Waals surface area contributed by atoms with Crippen molar-refractivity contribution in [3.63, 3.8) is 0 Å². The van der Waals surface area contributed by atoms with Gasteiger partial charge in [-0.15, -0.1) is 0 Å². The fourth-order valence-electron chi connectivity index (χ4n) is 4.13. The van der Waals surface area contributed by atoms with E-state index in [1.165, 1.54) is 11.3 Å². The minimum Gasteiger partial charge on any atom is -0.464 e. The molecular formula is C22H25N5O2. The van der Waals surface area contributed by atoms with Crippen LogP contribution in [0.15, 0.2) is 42.6 Å². The van der Waals surface area contributed by atoms with E-state index in [0.29, 0.717) is 19.2 Å². The highest BCUT2D eigenvalue weighted by Gasteiger charge is 2.29. The van der Waals surface area contributed by atoms with Gasteiger partial charge in [0.05, 0.1) is 37.3 Å². The molecule has 0 fully saturated rings. The number of fused-ring (bicyclic) bond motifs is 2. The Kier molecular flexibility index (Phi) is 4.89. The molecule has 0 saturated heterocycles. The molecule has 7 nitrogen and oxygen atoms in total. The van der Waals surface area contributed by atoms with Gasteiger partial charge in [0.25, 0.3) is 0 Å². The van der Waals surface area contributed by atoms with E-state index in [2.05, 4.69) is 32.9 Å². The van der Waals surface area contributed by atoms with Gasteiger partial charge in [0, 0.05) is 31.3 Å². The van der Waals surface area contributed by atoms with Crippen LogP contribution in [0.1, 0.15) is 42.0 Å². The monoisotopic (exact) mass is 391 g/mol. The lowest BCUT2D eigenvalue weighted by atomic mass is 9.99. The SMILES string of the molecule is CCOc1nc2c(c(N3CCCn4nccc4C3)n1)COC(c1ccccc1)C2. The first kappa shape index (κ1) is 18.1. The maximum Gasteiger partial charge on any atom is 0.318 e. The van der Waals surface area contributed by atoms with E-state index in [0.717, 1.165) is 49.6 Å². The highest BCUT2D eigenvalue weighted by atomic mass is 16.5. The number of aromatic nitrogens is 4. The van der Waals surface area contributed by atoms with Crippen LogP contribution in [-0.4, -0.2) is 32.9 Å². The molecule has 1 aromatic carbocycles. The summed E-state index contributed by atoms with van der Waals surface area (Å²) in [5.74, 6) is 0.930. The van der Waals surface area contributed by atoms with E-state index >= 15 is 0 Å². The molecule has 0 radical (unpaired) electrons. The van der Waals surface area contributed by atoms with Crippen LogP contribution in [0.25, 0.3) is 0 Å². The number of hydrogen-bond donors (Lipinski definition) is 0. The molecule has 29 heavy (non-hydrogen) atoms. The van der Waals surface area contributed by atoms with E-state index in [1.54, 1.807) is 0 Å². The minimum absolute atomic E-state index is 0.00601. The molecule has 2 aliphatic heterocycles. The molecule has 1 unspecified atom stereocenters. The molecule has 0 bridgehead atoms. The summed E-state index contributed by atoms with van der Waals surface area (Å²) < 4.78 is 14.0. The van der Waals surface area contributed by atoms with Crippen LogP contribution in [0.4, 0.5) is 5.82 Å². The largest absolute Gasteiger partial charge is 0.464 e. The minimum atomic E-state index is 0.00601. The van der Waals surface area contributed by atoms with Gasteiger partial charge in [0.1, 0.15) is 5.82 Å². The molecule has 0 aliphatic carbocycles. The van der Waals surface area contributed by atoms with E-state index in [4.69, 9.17) is 19.4 Å². The lowest BCUT2D eigenvalue weighted by Crippen LogP contribution is -2.28. The molecule has 7 heteroatoms. The van der Waals surface area contributed by atoms with E-state index in [9.17, 15) is 0 Å². The summed E-state index contributed by atoms with van der Waals surface area (Å²) in [6, 6.07) is 12.9. The molecule has 5 rings (SSSR count). The first-order chi connectivity index (χ1) is 14.3. The van der Waals surface area contributed by atoms with Gasteiger partial charge in [0.15, 0.2) is 0 Å². The van der Waals surface area contributed by atoms with Crippen LogP contribution in [0, 0.1) is 0 Å². The summed E-state index contributed by atoms with van der Waals surface area (Å²) in [5, 5.41) is 4.43. The Balaban J connectivity index is 1.50. The topological polar surface area (TPSA) is 65.3 Å². The Morgan fingerprint density at radius 1 is 1.14 bits per heavy atom. The van der Waals surface area contributed by atoms with Gasteiger partial charge in [-0.1, -0.05) is 30.3 Å². The summed E-state index contributed by atoms with van der Waals surface area (Å²) in [5.41, 5.74) is 4.48. The summed E-state index contributed by atoms with van der Waals surface area (Å²) in [6.07, 6.45) is 3.62. The second kappa shape index (κ2) is 7.83. The maximum absolute atomic E-state index is 6.24. The van der Waals surface area contributed by atoms with Gasteiger partial charge in [-0.2, -0.15) is 15.1 Å². The number of nitrogens with zero attached hydrogens (tertiary/aromatic N) is 5. The normalized spacial score (nSPS) is 18.7. The number of ether oxygens (including phenoxy) is 2. The lowest BCUT2D eigenvalue weighted by Gasteiger charge is -2.30. The molecular weight excluding hydrogens is 366 g/mol. The third-order valence-corrected chi connectivity index (χ3v) is 5.56. The van der Waals surface area contributed by atoms with Crippen LogP contribution < -0.4 is 9.64 Å². The molecule has 0 spiro atoms.